The van der Waals surface area contributed by atoms with E-state index in [4.69, 9.17) is 12.2 Å². The number of fused-ring (bicyclic) bond motifs is 1. The SMILES string of the molecule is O=C(CCC(=O)Nc1cccc2ccccc12)NCCNC(=S)S.[NaH]. The molecule has 0 aliphatic carbocycles. The van der Waals surface area contributed by atoms with Gasteiger partial charge in [-0.05, 0) is 11.5 Å². The Bertz CT molecular complexity index is 750. The molecule has 2 rings (SSSR count). The molecule has 2 amide bonds. The zero-order valence-electron chi connectivity index (χ0n) is 13.0. The van der Waals surface area contributed by atoms with Gasteiger partial charge in [-0.2, -0.15) is 0 Å². The van der Waals surface area contributed by atoms with E-state index in [-0.39, 0.29) is 54.2 Å². The van der Waals surface area contributed by atoms with E-state index < -0.39 is 0 Å². The number of amides is 2. The zero-order valence-corrected chi connectivity index (χ0v) is 14.8. The first-order chi connectivity index (χ1) is 11.6. The van der Waals surface area contributed by atoms with Crippen molar-refractivity contribution in [1.82, 2.24) is 10.6 Å². The summed E-state index contributed by atoms with van der Waals surface area (Å²) in [6, 6.07) is 13.6. The van der Waals surface area contributed by atoms with E-state index in [1.165, 1.54) is 0 Å². The second-order valence-corrected chi connectivity index (χ2v) is 6.31. The second kappa shape index (κ2) is 11.5. The van der Waals surface area contributed by atoms with Gasteiger partial charge < -0.3 is 16.0 Å². The monoisotopic (exact) mass is 385 g/mol. The Kier molecular flexibility index (Phi) is 10.1. The van der Waals surface area contributed by atoms with Crippen LogP contribution < -0.4 is 16.0 Å². The number of rotatable bonds is 7. The van der Waals surface area contributed by atoms with E-state index >= 15 is 0 Å². The van der Waals surface area contributed by atoms with Crippen LogP contribution in [0.15, 0.2) is 42.5 Å². The molecular weight excluding hydrogens is 365 g/mol. The molecule has 0 unspecified atom stereocenters. The van der Waals surface area contributed by atoms with E-state index in [1.54, 1.807) is 0 Å². The summed E-state index contributed by atoms with van der Waals surface area (Å²) >= 11 is 8.66. The Balaban J connectivity index is 0.00000312. The van der Waals surface area contributed by atoms with Crippen molar-refractivity contribution in [2.75, 3.05) is 18.4 Å². The molecule has 8 heteroatoms. The molecular formula is C17H20N3NaO2S2. The van der Waals surface area contributed by atoms with Crippen LogP contribution in [0, 0.1) is 0 Å². The van der Waals surface area contributed by atoms with E-state index in [0.29, 0.717) is 17.4 Å². The van der Waals surface area contributed by atoms with Gasteiger partial charge in [0.25, 0.3) is 0 Å². The van der Waals surface area contributed by atoms with Crippen molar-refractivity contribution >= 4 is 87.0 Å². The van der Waals surface area contributed by atoms with Gasteiger partial charge in [-0.1, -0.05) is 48.6 Å². The van der Waals surface area contributed by atoms with Crippen LogP contribution in [0.2, 0.25) is 0 Å². The van der Waals surface area contributed by atoms with Gasteiger partial charge in [0, 0.05) is 37.0 Å². The molecule has 0 aliphatic rings. The number of thiol groups is 1. The standard InChI is InChI=1S/C17H19N3O2S2.Na.H/c21-15(18-10-11-19-17(23)24)8-9-16(22)20-14-7-3-5-12-4-1-2-6-13(12)14;;/h1-7H,8-11H2,(H,18,21)(H,20,22)(H2,19,23,24);;. The first kappa shape index (κ1) is 21.9. The minimum absolute atomic E-state index is 0. The van der Waals surface area contributed by atoms with Crippen LogP contribution in [-0.2, 0) is 9.59 Å². The Morgan fingerprint density at radius 3 is 2.32 bits per heavy atom. The molecule has 0 aliphatic heterocycles. The molecule has 2 aromatic carbocycles. The summed E-state index contributed by atoms with van der Waals surface area (Å²) in [6.45, 7) is 0.945. The van der Waals surface area contributed by atoms with Crippen molar-refractivity contribution in [3.8, 4) is 0 Å². The fourth-order valence-corrected chi connectivity index (χ4v) is 2.45. The molecule has 0 saturated carbocycles. The van der Waals surface area contributed by atoms with Gasteiger partial charge in [0.05, 0.1) is 0 Å². The Labute approximate surface area is 180 Å². The molecule has 5 nitrogen and oxygen atoms in total. The van der Waals surface area contributed by atoms with Gasteiger partial charge >= 0.3 is 29.6 Å². The van der Waals surface area contributed by atoms with Crippen LogP contribution in [0.1, 0.15) is 12.8 Å². The van der Waals surface area contributed by atoms with Crippen LogP contribution in [0.3, 0.4) is 0 Å². The summed E-state index contributed by atoms with van der Waals surface area (Å²) in [5.74, 6) is -0.355. The van der Waals surface area contributed by atoms with Crippen molar-refractivity contribution in [2.45, 2.75) is 12.8 Å². The Morgan fingerprint density at radius 1 is 0.920 bits per heavy atom. The molecule has 0 spiro atoms. The Morgan fingerprint density at radius 2 is 1.56 bits per heavy atom. The predicted molar refractivity (Wildman–Crippen MR) is 112 cm³/mol. The molecule has 0 aromatic heterocycles. The molecule has 128 valence electrons. The van der Waals surface area contributed by atoms with E-state index in [0.717, 1.165) is 16.5 Å². The number of thiocarbonyl (C=S) groups is 1. The number of benzene rings is 2. The summed E-state index contributed by atoms with van der Waals surface area (Å²) in [7, 11) is 0. The molecule has 0 bridgehead atoms. The van der Waals surface area contributed by atoms with Crippen molar-refractivity contribution in [1.29, 1.82) is 0 Å². The fraction of sp³-hybridized carbons (Fsp3) is 0.235. The van der Waals surface area contributed by atoms with Crippen LogP contribution in [0.5, 0.6) is 0 Å². The molecule has 0 atom stereocenters. The van der Waals surface area contributed by atoms with Gasteiger partial charge in [0.15, 0.2) is 0 Å². The summed E-state index contributed by atoms with van der Waals surface area (Å²) in [5.41, 5.74) is 0.755. The van der Waals surface area contributed by atoms with Gasteiger partial charge in [0.1, 0.15) is 4.32 Å². The molecule has 25 heavy (non-hydrogen) atoms. The molecule has 2 aromatic rings. The Hall–Kier alpha value is -1.12. The van der Waals surface area contributed by atoms with Gasteiger partial charge in [-0.25, -0.2) is 0 Å². The predicted octanol–water partition coefficient (Wildman–Crippen LogP) is 1.83. The third kappa shape index (κ3) is 7.75. The number of hydrogen-bond acceptors (Lipinski definition) is 3. The second-order valence-electron chi connectivity index (χ2n) is 5.16. The van der Waals surface area contributed by atoms with E-state index in [1.807, 2.05) is 42.5 Å². The molecule has 0 heterocycles. The number of anilines is 1. The normalized spacial score (nSPS) is 9.80. The number of carbonyl (C=O) groups is 2. The number of hydrogen-bond donors (Lipinski definition) is 4. The summed E-state index contributed by atoms with van der Waals surface area (Å²) in [6.07, 6.45) is 0.273. The van der Waals surface area contributed by atoms with Crippen LogP contribution in [-0.4, -0.2) is 58.8 Å². The van der Waals surface area contributed by atoms with Gasteiger partial charge in [0.2, 0.25) is 11.8 Å². The number of nitrogens with one attached hydrogen (secondary N) is 3. The summed E-state index contributed by atoms with van der Waals surface area (Å²) in [4.78, 5) is 23.7. The van der Waals surface area contributed by atoms with Gasteiger partial charge in [-0.15, -0.1) is 12.6 Å². The van der Waals surface area contributed by atoms with Crippen molar-refractivity contribution < 1.29 is 9.59 Å². The maximum atomic E-state index is 12.0. The van der Waals surface area contributed by atoms with Crippen LogP contribution in [0.4, 0.5) is 5.69 Å². The third-order valence-electron chi connectivity index (χ3n) is 3.37. The molecule has 0 saturated heterocycles. The van der Waals surface area contributed by atoms with Gasteiger partial charge in [-0.3, -0.25) is 9.59 Å². The molecule has 3 N–H and O–H groups in total. The van der Waals surface area contributed by atoms with Crippen LogP contribution in [0.25, 0.3) is 10.8 Å². The molecule has 0 fully saturated rings. The topological polar surface area (TPSA) is 70.2 Å². The first-order valence-electron chi connectivity index (χ1n) is 7.57. The third-order valence-corrected chi connectivity index (χ3v) is 3.67. The number of carbonyl (C=O) groups excluding carboxylic acids is 2. The average molecular weight is 385 g/mol. The summed E-state index contributed by atoms with van der Waals surface area (Å²) < 4.78 is 0.388. The van der Waals surface area contributed by atoms with Crippen LogP contribution >= 0.6 is 24.8 Å². The van der Waals surface area contributed by atoms with E-state index in [9.17, 15) is 9.59 Å². The van der Waals surface area contributed by atoms with E-state index in [2.05, 4.69) is 28.6 Å². The quantitative estimate of drug-likeness (QED) is 0.254. The summed E-state index contributed by atoms with van der Waals surface area (Å²) in [5, 5.41) is 10.4. The zero-order chi connectivity index (χ0) is 17.4. The fourth-order valence-electron chi connectivity index (χ4n) is 2.23. The maximum absolute atomic E-state index is 12.0. The molecule has 0 radical (unpaired) electrons. The van der Waals surface area contributed by atoms with Crippen molar-refractivity contribution in [2.24, 2.45) is 0 Å². The minimum atomic E-state index is -0.184. The van der Waals surface area contributed by atoms with Crippen molar-refractivity contribution in [3.63, 3.8) is 0 Å². The first-order valence-corrected chi connectivity index (χ1v) is 8.43. The average Bonchev–Trinajstić information content (AvgIpc) is 2.57. The van der Waals surface area contributed by atoms with Crippen molar-refractivity contribution in [3.05, 3.63) is 42.5 Å².